The van der Waals surface area contributed by atoms with Crippen molar-refractivity contribution in [3.8, 4) is 0 Å². The Kier molecular flexibility index (Phi) is 3.79. The average Bonchev–Trinajstić information content (AvgIpc) is 3.17. The van der Waals surface area contributed by atoms with Crippen LogP contribution in [-0.2, 0) is 17.7 Å². The van der Waals surface area contributed by atoms with E-state index in [0.717, 1.165) is 31.9 Å². The Morgan fingerprint density at radius 1 is 1.55 bits per heavy atom. The SMILES string of the molecule is Cc1nc(CCn2cncc2C(N)C2CCOC2)no1. The van der Waals surface area contributed by atoms with Crippen molar-refractivity contribution in [1.29, 1.82) is 0 Å². The Morgan fingerprint density at radius 2 is 2.45 bits per heavy atom. The van der Waals surface area contributed by atoms with Crippen molar-refractivity contribution in [3.63, 3.8) is 0 Å². The number of hydrogen-bond acceptors (Lipinski definition) is 6. The molecule has 7 heteroatoms. The highest BCUT2D eigenvalue weighted by atomic mass is 16.5. The molecule has 3 heterocycles. The molecule has 0 saturated carbocycles. The molecule has 2 atom stereocenters. The van der Waals surface area contributed by atoms with Gasteiger partial charge in [0.25, 0.3) is 0 Å². The van der Waals surface area contributed by atoms with Gasteiger partial charge in [-0.25, -0.2) is 4.98 Å². The zero-order valence-corrected chi connectivity index (χ0v) is 11.5. The average molecular weight is 277 g/mol. The Hall–Kier alpha value is -1.73. The van der Waals surface area contributed by atoms with Gasteiger partial charge in [0.2, 0.25) is 5.89 Å². The molecule has 1 fully saturated rings. The van der Waals surface area contributed by atoms with Gasteiger partial charge in [-0.2, -0.15) is 4.98 Å². The summed E-state index contributed by atoms with van der Waals surface area (Å²) in [6.07, 6.45) is 5.35. The first-order valence-electron chi connectivity index (χ1n) is 6.86. The van der Waals surface area contributed by atoms with E-state index >= 15 is 0 Å². The van der Waals surface area contributed by atoms with Crippen LogP contribution in [0.2, 0.25) is 0 Å². The van der Waals surface area contributed by atoms with E-state index in [9.17, 15) is 0 Å². The van der Waals surface area contributed by atoms with E-state index in [1.165, 1.54) is 0 Å². The van der Waals surface area contributed by atoms with Gasteiger partial charge < -0.3 is 19.6 Å². The molecule has 2 unspecified atom stereocenters. The van der Waals surface area contributed by atoms with E-state index in [4.69, 9.17) is 15.0 Å². The summed E-state index contributed by atoms with van der Waals surface area (Å²) in [7, 11) is 0. The number of aryl methyl sites for hydroxylation is 3. The number of rotatable bonds is 5. The summed E-state index contributed by atoms with van der Waals surface area (Å²) in [4.78, 5) is 8.41. The van der Waals surface area contributed by atoms with Gasteiger partial charge in [0.1, 0.15) is 0 Å². The van der Waals surface area contributed by atoms with Crippen molar-refractivity contribution in [3.05, 3.63) is 29.9 Å². The number of hydrogen-bond donors (Lipinski definition) is 1. The minimum absolute atomic E-state index is 0.0352. The standard InChI is InChI=1S/C13H19N5O2/c1-9-16-12(17-20-9)2-4-18-8-15-6-11(18)13(14)10-3-5-19-7-10/h6,8,10,13H,2-5,7,14H2,1H3. The molecule has 0 spiro atoms. The number of ether oxygens (including phenoxy) is 1. The second-order valence-corrected chi connectivity index (χ2v) is 5.14. The number of aromatic nitrogens is 4. The van der Waals surface area contributed by atoms with E-state index in [1.54, 1.807) is 13.3 Å². The molecule has 3 rings (SSSR count). The van der Waals surface area contributed by atoms with Crippen LogP contribution in [0.4, 0.5) is 0 Å². The molecule has 0 aromatic carbocycles. The third-order valence-corrected chi connectivity index (χ3v) is 3.70. The first-order valence-corrected chi connectivity index (χ1v) is 6.86. The predicted octanol–water partition coefficient (Wildman–Crippen LogP) is 0.854. The fraction of sp³-hybridized carbons (Fsp3) is 0.615. The lowest BCUT2D eigenvalue weighted by atomic mass is 9.97. The smallest absolute Gasteiger partial charge is 0.223 e. The lowest BCUT2D eigenvalue weighted by Crippen LogP contribution is -2.24. The van der Waals surface area contributed by atoms with Crippen LogP contribution in [0, 0.1) is 12.8 Å². The van der Waals surface area contributed by atoms with E-state index in [2.05, 4.69) is 19.7 Å². The van der Waals surface area contributed by atoms with Gasteiger partial charge in [0, 0.05) is 38.6 Å². The fourth-order valence-corrected chi connectivity index (χ4v) is 2.54. The maximum atomic E-state index is 6.33. The molecular formula is C13H19N5O2. The van der Waals surface area contributed by atoms with Gasteiger partial charge in [-0.1, -0.05) is 5.16 Å². The molecule has 0 amide bonds. The molecule has 1 aliphatic rings. The van der Waals surface area contributed by atoms with Crippen molar-refractivity contribution < 1.29 is 9.26 Å². The molecule has 2 N–H and O–H groups in total. The second-order valence-electron chi connectivity index (χ2n) is 5.14. The van der Waals surface area contributed by atoms with Crippen molar-refractivity contribution in [1.82, 2.24) is 19.7 Å². The quantitative estimate of drug-likeness (QED) is 0.871. The summed E-state index contributed by atoms with van der Waals surface area (Å²) in [6, 6.07) is -0.0352. The van der Waals surface area contributed by atoms with Crippen LogP contribution in [0.5, 0.6) is 0 Å². The lowest BCUT2D eigenvalue weighted by Gasteiger charge is -2.19. The summed E-state index contributed by atoms with van der Waals surface area (Å²) >= 11 is 0. The molecule has 0 bridgehead atoms. The predicted molar refractivity (Wildman–Crippen MR) is 70.8 cm³/mol. The van der Waals surface area contributed by atoms with Gasteiger partial charge in [0.05, 0.1) is 24.7 Å². The van der Waals surface area contributed by atoms with Crippen LogP contribution in [0.1, 0.15) is 29.9 Å². The Morgan fingerprint density at radius 3 is 3.15 bits per heavy atom. The molecule has 2 aromatic heterocycles. The topological polar surface area (TPSA) is 92.0 Å². The zero-order valence-electron chi connectivity index (χ0n) is 11.5. The molecule has 108 valence electrons. The Labute approximate surface area is 117 Å². The second kappa shape index (κ2) is 5.72. The van der Waals surface area contributed by atoms with E-state index < -0.39 is 0 Å². The van der Waals surface area contributed by atoms with Crippen molar-refractivity contribution >= 4 is 0 Å². The highest BCUT2D eigenvalue weighted by molar-refractivity contribution is 5.07. The first kappa shape index (κ1) is 13.3. The van der Waals surface area contributed by atoms with Gasteiger partial charge in [-0.3, -0.25) is 0 Å². The van der Waals surface area contributed by atoms with E-state index in [0.29, 0.717) is 24.1 Å². The lowest BCUT2D eigenvalue weighted by molar-refractivity contribution is 0.180. The number of imidazole rings is 1. The van der Waals surface area contributed by atoms with Crippen LogP contribution in [0.25, 0.3) is 0 Å². The highest BCUT2D eigenvalue weighted by Crippen LogP contribution is 2.26. The number of nitrogens with zero attached hydrogens (tertiary/aromatic N) is 4. The fourth-order valence-electron chi connectivity index (χ4n) is 2.54. The minimum Gasteiger partial charge on any atom is -0.381 e. The number of nitrogens with two attached hydrogens (primary N) is 1. The van der Waals surface area contributed by atoms with Crippen LogP contribution in [0.15, 0.2) is 17.0 Å². The van der Waals surface area contributed by atoms with Crippen LogP contribution >= 0.6 is 0 Å². The van der Waals surface area contributed by atoms with E-state index in [1.807, 2.05) is 6.20 Å². The molecule has 20 heavy (non-hydrogen) atoms. The minimum atomic E-state index is -0.0352. The van der Waals surface area contributed by atoms with Gasteiger partial charge in [-0.15, -0.1) is 0 Å². The van der Waals surface area contributed by atoms with Gasteiger partial charge >= 0.3 is 0 Å². The molecule has 1 saturated heterocycles. The molecule has 0 radical (unpaired) electrons. The van der Waals surface area contributed by atoms with Crippen molar-refractivity contribution in [2.75, 3.05) is 13.2 Å². The largest absolute Gasteiger partial charge is 0.381 e. The van der Waals surface area contributed by atoms with Crippen molar-refractivity contribution in [2.24, 2.45) is 11.7 Å². The van der Waals surface area contributed by atoms with Crippen molar-refractivity contribution in [2.45, 2.75) is 32.4 Å². The normalized spacial score (nSPS) is 20.4. The van der Waals surface area contributed by atoms with Gasteiger partial charge in [0.15, 0.2) is 5.82 Å². The molecule has 0 aliphatic carbocycles. The summed E-state index contributed by atoms with van der Waals surface area (Å²) in [5, 5.41) is 3.90. The van der Waals surface area contributed by atoms with E-state index in [-0.39, 0.29) is 6.04 Å². The highest BCUT2D eigenvalue weighted by Gasteiger charge is 2.26. The molecular weight excluding hydrogens is 258 g/mol. The zero-order chi connectivity index (χ0) is 13.9. The van der Waals surface area contributed by atoms with Crippen LogP contribution < -0.4 is 5.73 Å². The Bertz CT molecular complexity index is 559. The summed E-state index contributed by atoms with van der Waals surface area (Å²) in [5.41, 5.74) is 7.37. The summed E-state index contributed by atoms with van der Waals surface area (Å²) in [6.45, 7) is 4.07. The Balaban J connectivity index is 1.66. The summed E-state index contributed by atoms with van der Waals surface area (Å²) < 4.78 is 12.4. The van der Waals surface area contributed by atoms with Crippen LogP contribution in [0.3, 0.4) is 0 Å². The third-order valence-electron chi connectivity index (χ3n) is 3.70. The molecule has 2 aromatic rings. The van der Waals surface area contributed by atoms with Gasteiger partial charge in [-0.05, 0) is 6.42 Å². The first-order chi connectivity index (χ1) is 9.74. The third kappa shape index (κ3) is 2.73. The van der Waals surface area contributed by atoms with Crippen LogP contribution in [-0.4, -0.2) is 32.9 Å². The summed E-state index contributed by atoms with van der Waals surface area (Å²) in [5.74, 6) is 1.67. The monoisotopic (exact) mass is 277 g/mol. The molecule has 7 nitrogen and oxygen atoms in total. The maximum absolute atomic E-state index is 6.33. The molecule has 1 aliphatic heterocycles. The maximum Gasteiger partial charge on any atom is 0.223 e.